The maximum Gasteiger partial charge on any atom is 0.0931 e. The third-order valence-corrected chi connectivity index (χ3v) is 4.06. The molecule has 4 rings (SSSR count). The summed E-state index contributed by atoms with van der Waals surface area (Å²) < 4.78 is 2.23. The maximum atomic E-state index is 5.97. The average Bonchev–Trinajstić information content (AvgIpc) is 3.17. The highest BCUT2D eigenvalue weighted by atomic mass is 35.5. The van der Waals surface area contributed by atoms with Crippen LogP contribution in [0, 0.1) is 0 Å². The van der Waals surface area contributed by atoms with Crippen LogP contribution in [0.4, 0.5) is 0 Å². The molecule has 0 spiro atoms. The second-order valence-electron chi connectivity index (χ2n) is 5.28. The molecule has 2 aromatic heterocycles. The fraction of sp³-hybridized carbons (Fsp3) is 0.0556. The van der Waals surface area contributed by atoms with E-state index < -0.39 is 0 Å². The first-order chi connectivity index (χ1) is 10.8. The first-order valence-electron chi connectivity index (χ1n) is 7.13. The van der Waals surface area contributed by atoms with Crippen LogP contribution in [-0.4, -0.2) is 14.5 Å². The predicted molar refractivity (Wildman–Crippen MR) is 90.1 cm³/mol. The Labute approximate surface area is 133 Å². The first-order valence-corrected chi connectivity index (χ1v) is 7.50. The summed E-state index contributed by atoms with van der Waals surface area (Å²) >= 11 is 5.97. The molecule has 3 nitrogen and oxygen atoms in total. The number of nitrogens with zero attached hydrogens (tertiary/aromatic N) is 2. The molecule has 4 aromatic rings. The number of hydrogen-bond donors (Lipinski definition) is 1. The molecule has 0 fully saturated rings. The Kier molecular flexibility index (Phi) is 3.20. The highest BCUT2D eigenvalue weighted by Crippen LogP contribution is 2.23. The molecule has 1 N–H and O–H groups in total. The van der Waals surface area contributed by atoms with Crippen molar-refractivity contribution >= 4 is 22.6 Å². The fourth-order valence-electron chi connectivity index (χ4n) is 2.71. The lowest BCUT2D eigenvalue weighted by atomic mass is 10.1. The number of benzene rings is 2. The van der Waals surface area contributed by atoms with Gasteiger partial charge in [0.15, 0.2) is 0 Å². The molecule has 108 valence electrons. The van der Waals surface area contributed by atoms with E-state index in [1.165, 1.54) is 11.3 Å². The number of aromatic nitrogens is 3. The Morgan fingerprint density at radius 2 is 1.91 bits per heavy atom. The van der Waals surface area contributed by atoms with Crippen molar-refractivity contribution in [2.45, 2.75) is 6.54 Å². The van der Waals surface area contributed by atoms with Gasteiger partial charge in [-0.3, -0.25) is 0 Å². The molecule has 0 bridgehead atoms. The second-order valence-corrected chi connectivity index (χ2v) is 5.72. The van der Waals surface area contributed by atoms with Gasteiger partial charge in [-0.2, -0.15) is 0 Å². The number of halogens is 1. The van der Waals surface area contributed by atoms with Crippen molar-refractivity contribution in [1.29, 1.82) is 0 Å². The Morgan fingerprint density at radius 3 is 2.77 bits per heavy atom. The van der Waals surface area contributed by atoms with Gasteiger partial charge in [0.1, 0.15) is 0 Å². The summed E-state index contributed by atoms with van der Waals surface area (Å²) in [5, 5.41) is 0.755. The summed E-state index contributed by atoms with van der Waals surface area (Å²) in [7, 11) is 0. The monoisotopic (exact) mass is 307 g/mol. The van der Waals surface area contributed by atoms with Crippen LogP contribution in [0.3, 0.4) is 0 Å². The summed E-state index contributed by atoms with van der Waals surface area (Å²) in [5.41, 5.74) is 5.63. The smallest absolute Gasteiger partial charge is 0.0931 e. The molecule has 4 heteroatoms. The Hall–Kier alpha value is -2.52. The van der Waals surface area contributed by atoms with Crippen LogP contribution >= 0.6 is 11.6 Å². The lowest BCUT2D eigenvalue weighted by molar-refractivity contribution is 0.815. The molecule has 22 heavy (non-hydrogen) atoms. The zero-order chi connectivity index (χ0) is 14.9. The summed E-state index contributed by atoms with van der Waals surface area (Å²) in [6.07, 6.45) is 3.82. The normalized spacial score (nSPS) is 11.1. The lowest BCUT2D eigenvalue weighted by Crippen LogP contribution is -2.00. The van der Waals surface area contributed by atoms with Gasteiger partial charge in [-0.1, -0.05) is 29.8 Å². The van der Waals surface area contributed by atoms with Gasteiger partial charge < -0.3 is 9.55 Å². The van der Waals surface area contributed by atoms with Crippen LogP contribution in [0.2, 0.25) is 5.02 Å². The van der Waals surface area contributed by atoms with Gasteiger partial charge in [-0.25, -0.2) is 4.98 Å². The van der Waals surface area contributed by atoms with Crippen LogP contribution in [0.5, 0.6) is 0 Å². The number of imidazole rings is 1. The van der Waals surface area contributed by atoms with E-state index in [0.717, 1.165) is 28.2 Å². The number of hydrogen-bond acceptors (Lipinski definition) is 1. The van der Waals surface area contributed by atoms with Crippen molar-refractivity contribution in [3.8, 4) is 11.3 Å². The van der Waals surface area contributed by atoms with Crippen LogP contribution in [0.25, 0.3) is 22.3 Å². The SMILES string of the molecule is Clc1ccc(-c2cccn2Cc2ccc3[nH]cnc3c2)cc1. The van der Waals surface area contributed by atoms with Crippen LogP contribution < -0.4 is 0 Å². The molecule has 0 radical (unpaired) electrons. The second kappa shape index (κ2) is 5.35. The highest BCUT2D eigenvalue weighted by molar-refractivity contribution is 6.30. The van der Waals surface area contributed by atoms with E-state index in [-0.39, 0.29) is 0 Å². The van der Waals surface area contributed by atoms with E-state index >= 15 is 0 Å². The van der Waals surface area contributed by atoms with Crippen molar-refractivity contribution in [2.24, 2.45) is 0 Å². The van der Waals surface area contributed by atoms with Crippen molar-refractivity contribution in [1.82, 2.24) is 14.5 Å². The van der Waals surface area contributed by atoms with E-state index in [1.54, 1.807) is 6.33 Å². The molecule has 0 saturated heterocycles. The highest BCUT2D eigenvalue weighted by Gasteiger charge is 2.06. The average molecular weight is 308 g/mol. The molecule has 2 heterocycles. The Bertz CT molecular complexity index is 919. The first kappa shape index (κ1) is 13.2. The van der Waals surface area contributed by atoms with Gasteiger partial charge in [-0.15, -0.1) is 0 Å². The zero-order valence-corrected chi connectivity index (χ0v) is 12.6. The Balaban J connectivity index is 1.68. The van der Waals surface area contributed by atoms with Gasteiger partial charge in [0.05, 0.1) is 17.4 Å². The Morgan fingerprint density at radius 1 is 1.05 bits per heavy atom. The van der Waals surface area contributed by atoms with Crippen LogP contribution in [-0.2, 0) is 6.54 Å². The van der Waals surface area contributed by atoms with E-state index in [4.69, 9.17) is 11.6 Å². The van der Waals surface area contributed by atoms with Crippen LogP contribution in [0.1, 0.15) is 5.56 Å². The minimum atomic E-state index is 0.755. The lowest BCUT2D eigenvalue weighted by Gasteiger charge is -2.10. The van der Waals surface area contributed by atoms with Crippen molar-refractivity contribution in [2.75, 3.05) is 0 Å². The number of nitrogens with one attached hydrogen (secondary N) is 1. The summed E-state index contributed by atoms with van der Waals surface area (Å²) in [4.78, 5) is 7.44. The molecule has 0 aliphatic heterocycles. The van der Waals surface area contributed by atoms with Crippen molar-refractivity contribution < 1.29 is 0 Å². The minimum Gasteiger partial charge on any atom is -0.345 e. The number of fused-ring (bicyclic) bond motifs is 1. The van der Waals surface area contributed by atoms with Crippen molar-refractivity contribution in [3.05, 3.63) is 77.7 Å². The van der Waals surface area contributed by atoms with Crippen molar-refractivity contribution in [3.63, 3.8) is 0 Å². The molecular weight excluding hydrogens is 294 g/mol. The summed E-state index contributed by atoms with van der Waals surface area (Å²) in [6, 6.07) is 18.4. The number of aromatic amines is 1. The van der Waals surface area contributed by atoms with Gasteiger partial charge in [0.2, 0.25) is 0 Å². The molecule has 0 aliphatic rings. The topological polar surface area (TPSA) is 33.6 Å². The predicted octanol–water partition coefficient (Wildman–Crippen LogP) is 4.73. The molecule has 0 saturated carbocycles. The molecule has 0 atom stereocenters. The van der Waals surface area contributed by atoms with Gasteiger partial charge >= 0.3 is 0 Å². The van der Waals surface area contributed by atoms with Gasteiger partial charge in [0.25, 0.3) is 0 Å². The molecule has 0 unspecified atom stereocenters. The summed E-state index contributed by atoms with van der Waals surface area (Å²) in [5.74, 6) is 0. The fourth-order valence-corrected chi connectivity index (χ4v) is 2.83. The number of H-pyrrole nitrogens is 1. The third kappa shape index (κ3) is 2.40. The van der Waals surface area contributed by atoms with E-state index in [0.29, 0.717) is 0 Å². The van der Waals surface area contributed by atoms with E-state index in [9.17, 15) is 0 Å². The number of rotatable bonds is 3. The van der Waals surface area contributed by atoms with Gasteiger partial charge in [-0.05, 0) is 47.5 Å². The standard InChI is InChI=1S/C18H14ClN3/c19-15-6-4-14(5-7-15)18-2-1-9-22(18)11-13-3-8-16-17(10-13)21-12-20-16/h1-10,12H,11H2,(H,20,21). The maximum absolute atomic E-state index is 5.97. The molecule has 2 aromatic carbocycles. The zero-order valence-electron chi connectivity index (χ0n) is 11.8. The quantitative estimate of drug-likeness (QED) is 0.583. The van der Waals surface area contributed by atoms with E-state index in [1.807, 2.05) is 24.3 Å². The minimum absolute atomic E-state index is 0.755. The van der Waals surface area contributed by atoms with Gasteiger partial charge in [0, 0.05) is 23.5 Å². The third-order valence-electron chi connectivity index (χ3n) is 3.81. The van der Waals surface area contributed by atoms with E-state index in [2.05, 4.69) is 51.1 Å². The summed E-state index contributed by atoms with van der Waals surface area (Å²) in [6.45, 7) is 0.813. The molecular formula is C18H14ClN3. The molecule has 0 aliphatic carbocycles. The largest absolute Gasteiger partial charge is 0.345 e. The molecule has 0 amide bonds. The van der Waals surface area contributed by atoms with Crippen LogP contribution in [0.15, 0.2) is 67.1 Å².